The van der Waals surface area contributed by atoms with Crippen LogP contribution in [0.4, 0.5) is 24.5 Å². The van der Waals surface area contributed by atoms with Crippen LogP contribution in [0.5, 0.6) is 0 Å². The van der Waals surface area contributed by atoms with Gasteiger partial charge in [0.2, 0.25) is 0 Å². The molecule has 2 aliphatic rings. The molecule has 2 heterocycles. The zero-order valence-electron chi connectivity index (χ0n) is 24.2. The standard InChI is InChI=1S/C26H37N5O3S.C2HF3O2/c1-5-29-12-14-31(15-13-29)26(32)22-6-7-24(30-10-8-27-9-11-30)23(18-22)28-35(33,34)25-20(3)16-19(2)17-21(25)4;3-2(4,5)1(6)7/h6-7,16-18,27-28H,5,8-15H2,1-4H3;(H,6,7). The number of aryl methyl sites for hydroxylation is 3. The van der Waals surface area contributed by atoms with E-state index in [9.17, 15) is 26.4 Å². The van der Waals surface area contributed by atoms with E-state index in [2.05, 4.69) is 26.8 Å². The summed E-state index contributed by atoms with van der Waals surface area (Å²) in [5.41, 5.74) is 4.19. The highest BCUT2D eigenvalue weighted by Crippen LogP contribution is 2.32. The SMILES string of the molecule is CCN1CCN(C(=O)c2ccc(N3CCNCC3)c(NS(=O)(=O)c3c(C)cc(C)cc3C)c2)CC1.O=C(O)C(F)(F)F. The van der Waals surface area contributed by atoms with Gasteiger partial charge in [-0.2, -0.15) is 13.2 Å². The lowest BCUT2D eigenvalue weighted by Crippen LogP contribution is -2.48. The first-order valence-electron chi connectivity index (χ1n) is 13.7. The van der Waals surface area contributed by atoms with Crippen LogP contribution < -0.4 is 14.9 Å². The Hall–Kier alpha value is -3.36. The summed E-state index contributed by atoms with van der Waals surface area (Å²) in [5.74, 6) is -2.82. The maximum absolute atomic E-state index is 13.6. The maximum Gasteiger partial charge on any atom is 0.490 e. The van der Waals surface area contributed by atoms with Crippen molar-refractivity contribution in [2.45, 2.75) is 38.8 Å². The third-order valence-corrected chi connectivity index (χ3v) is 8.84. The zero-order chi connectivity index (χ0) is 31.2. The normalized spacial score (nSPS) is 16.5. The number of nitrogens with zero attached hydrogens (tertiary/aromatic N) is 3. The second-order valence-corrected chi connectivity index (χ2v) is 12.0. The molecule has 2 aromatic rings. The van der Waals surface area contributed by atoms with Gasteiger partial charge in [0.25, 0.3) is 15.9 Å². The number of benzene rings is 2. The molecule has 2 aliphatic heterocycles. The molecular weight excluding hydrogens is 575 g/mol. The number of aliphatic carboxylic acids is 1. The Morgan fingerprint density at radius 1 is 0.952 bits per heavy atom. The van der Waals surface area contributed by atoms with Gasteiger partial charge in [-0.15, -0.1) is 0 Å². The number of nitrogens with one attached hydrogen (secondary N) is 2. The number of hydrogen-bond donors (Lipinski definition) is 3. The number of amides is 1. The number of carboxylic acid groups (broad SMARTS) is 1. The first-order valence-corrected chi connectivity index (χ1v) is 15.1. The highest BCUT2D eigenvalue weighted by Gasteiger charge is 2.38. The van der Waals surface area contributed by atoms with Gasteiger partial charge in [0.15, 0.2) is 0 Å². The highest BCUT2D eigenvalue weighted by atomic mass is 32.2. The first kappa shape index (κ1) is 33.1. The van der Waals surface area contributed by atoms with Crippen molar-refractivity contribution in [3.05, 3.63) is 52.6 Å². The van der Waals surface area contributed by atoms with Crippen molar-refractivity contribution in [1.82, 2.24) is 15.1 Å². The van der Waals surface area contributed by atoms with Crippen LogP contribution in [0.2, 0.25) is 0 Å². The summed E-state index contributed by atoms with van der Waals surface area (Å²) in [6, 6.07) is 9.19. The van der Waals surface area contributed by atoms with Crippen molar-refractivity contribution >= 4 is 33.3 Å². The summed E-state index contributed by atoms with van der Waals surface area (Å²) < 4.78 is 61.8. The number of piperazine rings is 2. The lowest BCUT2D eigenvalue weighted by Gasteiger charge is -2.34. The van der Waals surface area contributed by atoms with Crippen LogP contribution in [-0.4, -0.2) is 100 Å². The molecule has 10 nitrogen and oxygen atoms in total. The van der Waals surface area contributed by atoms with Crippen LogP contribution in [0.25, 0.3) is 0 Å². The maximum atomic E-state index is 13.6. The van der Waals surface area contributed by atoms with E-state index in [4.69, 9.17) is 9.90 Å². The number of rotatable bonds is 6. The summed E-state index contributed by atoms with van der Waals surface area (Å²) >= 11 is 0. The smallest absolute Gasteiger partial charge is 0.475 e. The average molecular weight is 614 g/mol. The van der Waals surface area contributed by atoms with Crippen molar-refractivity contribution in [1.29, 1.82) is 0 Å². The lowest BCUT2D eigenvalue weighted by molar-refractivity contribution is -0.192. The Morgan fingerprint density at radius 3 is 2.00 bits per heavy atom. The number of carbonyl (C=O) groups is 2. The topological polar surface area (TPSA) is 122 Å². The molecule has 0 aromatic heterocycles. The van der Waals surface area contributed by atoms with Crippen LogP contribution in [0, 0.1) is 20.8 Å². The monoisotopic (exact) mass is 613 g/mol. The number of sulfonamides is 1. The summed E-state index contributed by atoms with van der Waals surface area (Å²) in [6.07, 6.45) is -5.08. The minimum Gasteiger partial charge on any atom is -0.475 e. The highest BCUT2D eigenvalue weighted by molar-refractivity contribution is 7.92. The number of carboxylic acids is 1. The number of halogens is 3. The Labute approximate surface area is 244 Å². The van der Waals surface area contributed by atoms with E-state index < -0.39 is 22.2 Å². The van der Waals surface area contributed by atoms with E-state index in [1.54, 1.807) is 6.07 Å². The fourth-order valence-corrected chi connectivity index (χ4v) is 6.69. The number of alkyl halides is 3. The Bertz CT molecular complexity index is 1360. The third-order valence-electron chi connectivity index (χ3n) is 7.17. The molecular formula is C28H38F3N5O5S. The van der Waals surface area contributed by atoms with Gasteiger partial charge in [0, 0.05) is 57.9 Å². The predicted octanol–water partition coefficient (Wildman–Crippen LogP) is 3.23. The van der Waals surface area contributed by atoms with Crippen LogP contribution in [0.1, 0.15) is 34.0 Å². The molecule has 2 aromatic carbocycles. The molecule has 2 fully saturated rings. The van der Waals surface area contributed by atoms with E-state index in [-0.39, 0.29) is 5.91 Å². The largest absolute Gasteiger partial charge is 0.490 e. The van der Waals surface area contributed by atoms with Crippen LogP contribution in [0.15, 0.2) is 35.2 Å². The molecule has 0 bridgehead atoms. The predicted molar refractivity (Wildman–Crippen MR) is 155 cm³/mol. The van der Waals surface area contributed by atoms with Crippen LogP contribution in [-0.2, 0) is 14.8 Å². The van der Waals surface area contributed by atoms with Crippen molar-refractivity contribution in [3.63, 3.8) is 0 Å². The third kappa shape index (κ3) is 8.35. The molecule has 2 saturated heterocycles. The number of likely N-dealkylation sites (N-methyl/N-ethyl adjacent to an activating group) is 1. The number of hydrogen-bond acceptors (Lipinski definition) is 7. The molecule has 0 aliphatic carbocycles. The Balaban J connectivity index is 0.000000616. The number of carbonyl (C=O) groups excluding carboxylic acids is 1. The minimum absolute atomic E-state index is 0.0595. The van der Waals surface area contributed by atoms with Gasteiger partial charge in [0.1, 0.15) is 0 Å². The van der Waals surface area contributed by atoms with E-state index in [0.717, 1.165) is 57.1 Å². The second kappa shape index (κ2) is 13.7. The quantitative estimate of drug-likeness (QED) is 0.454. The van der Waals surface area contributed by atoms with Crippen molar-refractivity contribution in [2.24, 2.45) is 0 Å². The molecule has 1 amide bonds. The fourth-order valence-electron chi connectivity index (χ4n) is 5.17. The minimum atomic E-state index is -5.08. The van der Waals surface area contributed by atoms with Crippen molar-refractivity contribution < 1.29 is 36.3 Å². The van der Waals surface area contributed by atoms with Gasteiger partial charge in [-0.25, -0.2) is 13.2 Å². The van der Waals surface area contributed by atoms with E-state index in [1.807, 2.05) is 49.9 Å². The van der Waals surface area contributed by atoms with Crippen molar-refractivity contribution in [2.75, 3.05) is 68.5 Å². The second-order valence-electron chi connectivity index (χ2n) is 10.3. The molecule has 42 heavy (non-hydrogen) atoms. The van der Waals surface area contributed by atoms with E-state index in [1.165, 1.54) is 0 Å². The molecule has 0 atom stereocenters. The lowest BCUT2D eigenvalue weighted by atomic mass is 10.1. The van der Waals surface area contributed by atoms with Gasteiger partial charge in [-0.05, 0) is 56.6 Å². The molecule has 0 spiro atoms. The molecule has 4 rings (SSSR count). The van der Waals surface area contributed by atoms with Crippen LogP contribution in [0.3, 0.4) is 0 Å². The molecule has 0 saturated carbocycles. The Morgan fingerprint density at radius 2 is 1.50 bits per heavy atom. The summed E-state index contributed by atoms with van der Waals surface area (Å²) in [5, 5.41) is 10.5. The molecule has 0 radical (unpaired) electrons. The van der Waals surface area contributed by atoms with Gasteiger partial charge in [-0.3, -0.25) is 9.52 Å². The number of anilines is 2. The Kier molecular flexibility index (Phi) is 10.8. The van der Waals surface area contributed by atoms with E-state index in [0.29, 0.717) is 40.4 Å². The van der Waals surface area contributed by atoms with Gasteiger partial charge in [0.05, 0.1) is 16.3 Å². The molecule has 3 N–H and O–H groups in total. The van der Waals surface area contributed by atoms with Crippen molar-refractivity contribution in [3.8, 4) is 0 Å². The molecule has 14 heteroatoms. The molecule has 0 unspecified atom stereocenters. The summed E-state index contributed by atoms with van der Waals surface area (Å²) in [4.78, 5) is 28.9. The van der Waals surface area contributed by atoms with Gasteiger partial charge >= 0.3 is 12.1 Å². The van der Waals surface area contributed by atoms with E-state index >= 15 is 0 Å². The van der Waals surface area contributed by atoms with Crippen LogP contribution >= 0.6 is 0 Å². The fraction of sp³-hybridized carbons (Fsp3) is 0.500. The van der Waals surface area contributed by atoms with Gasteiger partial charge < -0.3 is 25.1 Å². The summed E-state index contributed by atoms with van der Waals surface area (Å²) in [6.45, 7) is 14.9. The van der Waals surface area contributed by atoms with Gasteiger partial charge in [-0.1, -0.05) is 24.6 Å². The summed E-state index contributed by atoms with van der Waals surface area (Å²) in [7, 11) is -3.85. The zero-order valence-corrected chi connectivity index (χ0v) is 25.0. The molecule has 232 valence electrons. The first-order chi connectivity index (χ1) is 19.6. The average Bonchev–Trinajstić information content (AvgIpc) is 2.92.